The molecule has 1 saturated carbocycles. The second kappa shape index (κ2) is 6.48. The molecule has 1 aliphatic carbocycles. The lowest BCUT2D eigenvalue weighted by Gasteiger charge is -2.45. The fourth-order valence-corrected chi connectivity index (χ4v) is 4.78. The fourth-order valence-electron chi connectivity index (χ4n) is 3.27. The van der Waals surface area contributed by atoms with Crippen LogP contribution in [-0.4, -0.2) is 48.2 Å². The Bertz CT molecular complexity index is 631. The molecular weight excluding hydrogens is 328 g/mol. The zero-order chi connectivity index (χ0) is 18.3. The first kappa shape index (κ1) is 18.9. The van der Waals surface area contributed by atoms with Gasteiger partial charge in [0.1, 0.15) is 25.9 Å². The molecule has 7 heteroatoms. The summed E-state index contributed by atoms with van der Waals surface area (Å²) >= 11 is 0. The molecule has 1 heterocycles. The number of furan rings is 1. The van der Waals surface area contributed by atoms with Crippen molar-refractivity contribution >= 4 is 19.4 Å². The third-order valence-electron chi connectivity index (χ3n) is 4.51. The molecule has 4 atom stereocenters. The van der Waals surface area contributed by atoms with Crippen LogP contribution >= 0.6 is 0 Å². The molecule has 0 unspecified atom stereocenters. The van der Waals surface area contributed by atoms with Crippen molar-refractivity contribution in [3.63, 3.8) is 0 Å². The van der Waals surface area contributed by atoms with Gasteiger partial charge in [-0.05, 0) is 25.0 Å². The normalized spacial score (nSPS) is 31.1. The van der Waals surface area contributed by atoms with E-state index in [-0.39, 0.29) is 13.0 Å². The van der Waals surface area contributed by atoms with Gasteiger partial charge in [0.25, 0.3) is 0 Å². The molecule has 0 aliphatic heterocycles. The SMILES string of the molecule is C=C1C[C@@H](C(=O)OCC)[C@](O)(c2ccoc2[Si](C)(C)C)[C@H](O)[C@@H]1O. The number of esters is 1. The van der Waals surface area contributed by atoms with Crippen LogP contribution in [0.1, 0.15) is 18.9 Å². The lowest BCUT2D eigenvalue weighted by Crippen LogP contribution is -2.60. The molecule has 0 spiro atoms. The van der Waals surface area contributed by atoms with E-state index in [0.717, 1.165) is 0 Å². The van der Waals surface area contributed by atoms with Crippen molar-refractivity contribution in [2.45, 2.75) is 50.8 Å². The van der Waals surface area contributed by atoms with E-state index in [9.17, 15) is 20.1 Å². The summed E-state index contributed by atoms with van der Waals surface area (Å²) in [4.78, 5) is 12.4. The van der Waals surface area contributed by atoms with E-state index in [2.05, 4.69) is 6.58 Å². The van der Waals surface area contributed by atoms with Gasteiger partial charge in [-0.1, -0.05) is 26.2 Å². The summed E-state index contributed by atoms with van der Waals surface area (Å²) in [6.45, 7) is 11.6. The lowest BCUT2D eigenvalue weighted by atomic mass is 9.67. The van der Waals surface area contributed by atoms with E-state index >= 15 is 0 Å². The second-order valence-electron chi connectivity index (χ2n) is 7.30. The molecule has 2 rings (SSSR count). The van der Waals surface area contributed by atoms with E-state index in [4.69, 9.17) is 9.15 Å². The summed E-state index contributed by atoms with van der Waals surface area (Å²) in [6.07, 6.45) is -1.46. The highest BCUT2D eigenvalue weighted by Crippen LogP contribution is 2.44. The Balaban J connectivity index is 2.61. The summed E-state index contributed by atoms with van der Waals surface area (Å²) in [5.74, 6) is -1.69. The minimum Gasteiger partial charge on any atom is -0.474 e. The number of hydrogen-bond acceptors (Lipinski definition) is 6. The van der Waals surface area contributed by atoms with Crippen LogP contribution in [0.3, 0.4) is 0 Å². The topological polar surface area (TPSA) is 100 Å². The highest BCUT2D eigenvalue weighted by molar-refractivity contribution is 6.88. The molecule has 134 valence electrons. The largest absolute Gasteiger partial charge is 0.474 e. The molecule has 0 bridgehead atoms. The van der Waals surface area contributed by atoms with Gasteiger partial charge in [-0.25, -0.2) is 0 Å². The van der Waals surface area contributed by atoms with Gasteiger partial charge in [0.05, 0.1) is 24.2 Å². The molecule has 0 saturated heterocycles. The summed E-state index contributed by atoms with van der Waals surface area (Å²) in [7, 11) is -2.00. The zero-order valence-electron chi connectivity index (χ0n) is 14.6. The zero-order valence-corrected chi connectivity index (χ0v) is 15.6. The van der Waals surface area contributed by atoms with Crippen LogP contribution in [0.15, 0.2) is 28.9 Å². The minimum absolute atomic E-state index is 0.0316. The molecule has 6 nitrogen and oxygen atoms in total. The highest BCUT2D eigenvalue weighted by atomic mass is 28.3. The average Bonchev–Trinajstić information content (AvgIpc) is 2.99. The minimum atomic E-state index is -2.00. The van der Waals surface area contributed by atoms with E-state index < -0.39 is 37.8 Å². The first-order valence-corrected chi connectivity index (χ1v) is 11.6. The van der Waals surface area contributed by atoms with Crippen molar-refractivity contribution in [3.8, 4) is 0 Å². The third-order valence-corrected chi connectivity index (χ3v) is 6.26. The summed E-state index contributed by atoms with van der Waals surface area (Å²) < 4.78 is 10.7. The number of aliphatic hydroxyl groups excluding tert-OH is 2. The summed E-state index contributed by atoms with van der Waals surface area (Å²) in [5, 5.41) is 32.8. The molecule has 1 aliphatic rings. The maximum Gasteiger partial charge on any atom is 0.312 e. The Morgan fingerprint density at radius 2 is 2.08 bits per heavy atom. The number of aliphatic hydroxyl groups is 3. The number of hydrogen-bond donors (Lipinski definition) is 3. The van der Waals surface area contributed by atoms with Gasteiger partial charge >= 0.3 is 5.97 Å². The number of rotatable bonds is 4. The van der Waals surface area contributed by atoms with E-state index in [1.54, 1.807) is 13.0 Å². The van der Waals surface area contributed by atoms with Gasteiger partial charge in [-0.3, -0.25) is 4.79 Å². The van der Waals surface area contributed by atoms with Crippen LogP contribution in [0, 0.1) is 5.92 Å². The second-order valence-corrected chi connectivity index (χ2v) is 12.2. The van der Waals surface area contributed by atoms with E-state index in [1.807, 2.05) is 19.6 Å². The van der Waals surface area contributed by atoms with Crippen LogP contribution in [0.4, 0.5) is 0 Å². The van der Waals surface area contributed by atoms with E-state index in [0.29, 0.717) is 16.5 Å². The smallest absolute Gasteiger partial charge is 0.312 e. The molecular formula is C17H26O6Si. The maximum absolute atomic E-state index is 12.4. The number of ether oxygens (including phenoxy) is 1. The van der Waals surface area contributed by atoms with Crippen LogP contribution < -0.4 is 5.38 Å². The van der Waals surface area contributed by atoms with Crippen LogP contribution in [-0.2, 0) is 15.1 Å². The Kier molecular flexibility index (Phi) is 5.10. The Labute approximate surface area is 142 Å². The van der Waals surface area contributed by atoms with Crippen molar-refractivity contribution in [3.05, 3.63) is 30.0 Å². The van der Waals surface area contributed by atoms with Gasteiger partial charge in [0, 0.05) is 5.56 Å². The van der Waals surface area contributed by atoms with Crippen molar-refractivity contribution in [1.82, 2.24) is 0 Å². The van der Waals surface area contributed by atoms with Gasteiger partial charge < -0.3 is 24.5 Å². The Morgan fingerprint density at radius 3 is 2.62 bits per heavy atom. The predicted octanol–water partition coefficient (Wildman–Crippen LogP) is 0.873. The predicted molar refractivity (Wildman–Crippen MR) is 91.5 cm³/mol. The van der Waals surface area contributed by atoms with E-state index in [1.165, 1.54) is 6.26 Å². The lowest BCUT2D eigenvalue weighted by molar-refractivity contribution is -0.191. The van der Waals surface area contributed by atoms with Crippen LogP contribution in [0.5, 0.6) is 0 Å². The fraction of sp³-hybridized carbons (Fsp3) is 0.588. The van der Waals surface area contributed by atoms with Crippen LogP contribution in [0.2, 0.25) is 19.6 Å². The average molecular weight is 354 g/mol. The third kappa shape index (κ3) is 2.97. The van der Waals surface area contributed by atoms with Gasteiger partial charge in [-0.15, -0.1) is 0 Å². The molecule has 1 fully saturated rings. The van der Waals surface area contributed by atoms with Gasteiger partial charge in [0.15, 0.2) is 0 Å². The van der Waals surface area contributed by atoms with Gasteiger partial charge in [0.2, 0.25) is 0 Å². The van der Waals surface area contributed by atoms with Crippen molar-refractivity contribution in [2.24, 2.45) is 5.92 Å². The highest BCUT2D eigenvalue weighted by Gasteiger charge is 2.57. The molecule has 0 aromatic carbocycles. The quantitative estimate of drug-likeness (QED) is 0.421. The van der Waals surface area contributed by atoms with Crippen molar-refractivity contribution < 1.29 is 29.3 Å². The molecule has 1 aromatic heterocycles. The molecule has 24 heavy (non-hydrogen) atoms. The molecule has 3 N–H and O–H groups in total. The monoisotopic (exact) mass is 354 g/mol. The Morgan fingerprint density at radius 1 is 1.46 bits per heavy atom. The molecule has 0 radical (unpaired) electrons. The first-order chi connectivity index (χ1) is 11.0. The van der Waals surface area contributed by atoms with Crippen molar-refractivity contribution in [2.75, 3.05) is 6.61 Å². The number of carbonyl (C=O) groups is 1. The maximum atomic E-state index is 12.4. The van der Waals surface area contributed by atoms with Crippen LogP contribution in [0.25, 0.3) is 0 Å². The van der Waals surface area contributed by atoms with Gasteiger partial charge in [-0.2, -0.15) is 0 Å². The molecule has 1 aromatic rings. The Hall–Kier alpha value is -1.41. The molecule has 0 amide bonds. The summed E-state index contributed by atoms with van der Waals surface area (Å²) in [6, 6.07) is 1.56. The standard InChI is InChI=1S/C17H26O6Si/c1-6-22-15(20)12-9-10(2)13(18)14(19)17(12,21)11-7-8-23-16(11)24(3,4)5/h7-8,12-14,18-19,21H,2,6,9H2,1,3-5H3/t12-,13+,14+,17+/m0/s1. The number of carbonyl (C=O) groups excluding carboxylic acids is 1. The first-order valence-electron chi connectivity index (χ1n) is 8.06. The summed E-state index contributed by atoms with van der Waals surface area (Å²) in [5.41, 5.74) is -1.35. The van der Waals surface area contributed by atoms with Crippen molar-refractivity contribution in [1.29, 1.82) is 0 Å².